The van der Waals surface area contributed by atoms with Crippen LogP contribution in [0.2, 0.25) is 0 Å². The Kier molecular flexibility index (Phi) is 4.48. The molecule has 1 aromatic carbocycles. The minimum atomic E-state index is -0.0521. The smallest absolute Gasteiger partial charge is 0.274 e. The average molecular weight is 365 g/mol. The van der Waals surface area contributed by atoms with Crippen LogP contribution in [0, 0.1) is 6.92 Å². The first-order valence-electron chi connectivity index (χ1n) is 9.06. The molecule has 2 heterocycles. The summed E-state index contributed by atoms with van der Waals surface area (Å²) in [6, 6.07) is 9.88. The number of amides is 1. The minimum Gasteiger partial charge on any atom is -0.497 e. The van der Waals surface area contributed by atoms with Crippen LogP contribution in [0.5, 0.6) is 11.5 Å². The van der Waals surface area contributed by atoms with Crippen LogP contribution < -0.4 is 9.47 Å². The van der Waals surface area contributed by atoms with E-state index in [1.165, 1.54) is 0 Å². The quantitative estimate of drug-likeness (QED) is 0.671. The second kappa shape index (κ2) is 6.95. The number of aryl methyl sites for hydroxylation is 1. The zero-order chi connectivity index (χ0) is 19.0. The molecule has 27 heavy (non-hydrogen) atoms. The number of benzene rings is 1. The maximum atomic E-state index is 13.2. The van der Waals surface area contributed by atoms with E-state index in [-0.39, 0.29) is 11.9 Å². The molecule has 4 rings (SSSR count). The predicted molar refractivity (Wildman–Crippen MR) is 102 cm³/mol. The molecule has 1 amide bonds. The normalized spacial score (nSPS) is 13.6. The lowest BCUT2D eigenvalue weighted by molar-refractivity contribution is 0.0723. The largest absolute Gasteiger partial charge is 0.497 e. The van der Waals surface area contributed by atoms with Crippen molar-refractivity contribution in [3.8, 4) is 11.5 Å². The summed E-state index contributed by atoms with van der Waals surface area (Å²) in [5.74, 6) is 1.45. The van der Waals surface area contributed by atoms with E-state index in [1.54, 1.807) is 20.4 Å². The van der Waals surface area contributed by atoms with Crippen molar-refractivity contribution in [3.05, 3.63) is 59.5 Å². The molecule has 0 N–H and O–H groups in total. The van der Waals surface area contributed by atoms with E-state index in [9.17, 15) is 4.79 Å². The molecule has 0 atom stereocenters. The highest BCUT2D eigenvalue weighted by Crippen LogP contribution is 2.33. The Balaban J connectivity index is 1.65. The van der Waals surface area contributed by atoms with Gasteiger partial charge in [-0.25, -0.2) is 4.98 Å². The molecule has 1 fully saturated rings. The van der Waals surface area contributed by atoms with Crippen molar-refractivity contribution in [3.63, 3.8) is 0 Å². The van der Waals surface area contributed by atoms with Gasteiger partial charge in [0, 0.05) is 24.0 Å². The Hall–Kier alpha value is -3.02. The third-order valence-electron chi connectivity index (χ3n) is 4.91. The Bertz CT molecular complexity index is 992. The van der Waals surface area contributed by atoms with E-state index in [0.29, 0.717) is 12.2 Å². The molecule has 140 valence electrons. The zero-order valence-electron chi connectivity index (χ0n) is 15.8. The van der Waals surface area contributed by atoms with Gasteiger partial charge in [0.25, 0.3) is 5.91 Å². The fourth-order valence-electron chi connectivity index (χ4n) is 3.28. The minimum absolute atomic E-state index is 0.0521. The van der Waals surface area contributed by atoms with E-state index in [1.807, 2.05) is 52.8 Å². The molecule has 0 aliphatic heterocycles. The molecular weight excluding hydrogens is 342 g/mol. The van der Waals surface area contributed by atoms with Gasteiger partial charge in [0.2, 0.25) is 0 Å². The highest BCUT2D eigenvalue weighted by molar-refractivity contribution is 5.93. The van der Waals surface area contributed by atoms with Gasteiger partial charge in [-0.1, -0.05) is 0 Å². The van der Waals surface area contributed by atoms with Crippen molar-refractivity contribution >= 4 is 11.6 Å². The number of imidazole rings is 1. The number of hydrogen-bond donors (Lipinski definition) is 0. The Morgan fingerprint density at radius 2 is 2.04 bits per heavy atom. The zero-order valence-corrected chi connectivity index (χ0v) is 15.8. The van der Waals surface area contributed by atoms with Crippen LogP contribution in [-0.2, 0) is 6.54 Å². The van der Waals surface area contributed by atoms with Crippen molar-refractivity contribution in [1.82, 2.24) is 14.3 Å². The van der Waals surface area contributed by atoms with Crippen molar-refractivity contribution in [2.75, 3.05) is 14.2 Å². The SMILES string of the molecule is COc1ccc(OC)c(CN(C(=O)c2cn3ccc(C)cc3n2)C2CC2)c1. The maximum Gasteiger partial charge on any atom is 0.274 e. The molecule has 3 aromatic rings. The van der Waals surface area contributed by atoms with Gasteiger partial charge in [-0.3, -0.25) is 4.79 Å². The van der Waals surface area contributed by atoms with Crippen molar-refractivity contribution < 1.29 is 14.3 Å². The summed E-state index contributed by atoms with van der Waals surface area (Å²) < 4.78 is 12.7. The van der Waals surface area contributed by atoms with Crippen LogP contribution in [0.3, 0.4) is 0 Å². The van der Waals surface area contributed by atoms with Gasteiger partial charge in [0.05, 0.1) is 20.8 Å². The monoisotopic (exact) mass is 365 g/mol. The second-order valence-electron chi connectivity index (χ2n) is 6.94. The van der Waals surface area contributed by atoms with Crippen LogP contribution >= 0.6 is 0 Å². The molecule has 0 spiro atoms. The third kappa shape index (κ3) is 3.47. The van der Waals surface area contributed by atoms with Crippen molar-refractivity contribution in [2.45, 2.75) is 32.4 Å². The van der Waals surface area contributed by atoms with Crippen molar-refractivity contribution in [1.29, 1.82) is 0 Å². The molecule has 2 aromatic heterocycles. The van der Waals surface area contributed by atoms with Crippen LogP contribution in [0.15, 0.2) is 42.7 Å². The number of pyridine rings is 1. The summed E-state index contributed by atoms with van der Waals surface area (Å²) in [7, 11) is 3.27. The Morgan fingerprint density at radius 1 is 1.22 bits per heavy atom. The van der Waals surface area contributed by atoms with Crippen molar-refractivity contribution in [2.24, 2.45) is 0 Å². The summed E-state index contributed by atoms with van der Waals surface area (Å²) in [4.78, 5) is 19.7. The van der Waals surface area contributed by atoms with E-state index in [0.717, 1.165) is 41.1 Å². The number of carbonyl (C=O) groups is 1. The first-order valence-corrected chi connectivity index (χ1v) is 9.06. The van der Waals surface area contributed by atoms with Crippen LogP contribution in [0.4, 0.5) is 0 Å². The number of methoxy groups -OCH3 is 2. The number of aromatic nitrogens is 2. The van der Waals surface area contributed by atoms with E-state index in [2.05, 4.69) is 4.98 Å². The Morgan fingerprint density at radius 3 is 2.74 bits per heavy atom. The number of rotatable bonds is 6. The molecule has 1 aliphatic carbocycles. The summed E-state index contributed by atoms with van der Waals surface area (Å²) in [5.41, 5.74) is 3.30. The van der Waals surface area contributed by atoms with Gasteiger partial charge in [0.15, 0.2) is 0 Å². The summed E-state index contributed by atoms with van der Waals surface area (Å²) >= 11 is 0. The molecule has 1 saturated carbocycles. The molecular formula is C21H23N3O3. The first-order chi connectivity index (χ1) is 13.1. The molecule has 0 saturated heterocycles. The molecule has 0 radical (unpaired) electrons. The topological polar surface area (TPSA) is 56.1 Å². The molecule has 0 unspecified atom stereocenters. The second-order valence-corrected chi connectivity index (χ2v) is 6.94. The number of carbonyl (C=O) groups excluding carboxylic acids is 1. The first kappa shape index (κ1) is 17.4. The highest BCUT2D eigenvalue weighted by atomic mass is 16.5. The molecule has 6 heteroatoms. The van der Waals surface area contributed by atoms with Gasteiger partial charge in [-0.2, -0.15) is 0 Å². The lowest BCUT2D eigenvalue weighted by Gasteiger charge is -2.23. The number of nitrogens with zero attached hydrogens (tertiary/aromatic N) is 3. The van der Waals surface area contributed by atoms with E-state index < -0.39 is 0 Å². The number of fused-ring (bicyclic) bond motifs is 1. The van der Waals surface area contributed by atoms with Gasteiger partial charge in [-0.05, 0) is 55.7 Å². The summed E-state index contributed by atoms with van der Waals surface area (Å²) in [6.07, 6.45) is 5.77. The lowest BCUT2D eigenvalue weighted by atomic mass is 10.1. The van der Waals surface area contributed by atoms with Gasteiger partial charge in [-0.15, -0.1) is 0 Å². The highest BCUT2D eigenvalue weighted by Gasteiger charge is 2.34. The number of ether oxygens (including phenoxy) is 2. The predicted octanol–water partition coefficient (Wildman–Crippen LogP) is 3.46. The van der Waals surface area contributed by atoms with E-state index in [4.69, 9.17) is 9.47 Å². The lowest BCUT2D eigenvalue weighted by Crippen LogP contribution is -2.33. The van der Waals surface area contributed by atoms with Crippen LogP contribution in [0.1, 0.15) is 34.5 Å². The molecule has 1 aliphatic rings. The van der Waals surface area contributed by atoms with Gasteiger partial charge < -0.3 is 18.8 Å². The fourth-order valence-corrected chi connectivity index (χ4v) is 3.28. The molecule has 6 nitrogen and oxygen atoms in total. The van der Waals surface area contributed by atoms with E-state index >= 15 is 0 Å². The maximum absolute atomic E-state index is 13.2. The number of hydrogen-bond acceptors (Lipinski definition) is 4. The van der Waals surface area contributed by atoms with Gasteiger partial charge >= 0.3 is 0 Å². The molecule has 0 bridgehead atoms. The van der Waals surface area contributed by atoms with Gasteiger partial charge in [0.1, 0.15) is 22.8 Å². The third-order valence-corrected chi connectivity index (χ3v) is 4.91. The fraction of sp³-hybridized carbons (Fsp3) is 0.333. The van der Waals surface area contributed by atoms with Crippen LogP contribution in [-0.4, -0.2) is 40.5 Å². The summed E-state index contributed by atoms with van der Waals surface area (Å²) in [5, 5.41) is 0. The van der Waals surface area contributed by atoms with Crippen LogP contribution in [0.25, 0.3) is 5.65 Å². The summed E-state index contributed by atoms with van der Waals surface area (Å²) in [6.45, 7) is 2.48. The average Bonchev–Trinajstić information content (AvgIpc) is 3.43. The standard InChI is InChI=1S/C21H23N3O3/c1-14-8-9-23-13-18(22-20(23)10-14)21(25)24(16-4-5-16)12-15-11-17(26-2)6-7-19(15)27-3/h6-11,13,16H,4-5,12H2,1-3H3. The Labute approximate surface area is 158 Å².